The summed E-state index contributed by atoms with van der Waals surface area (Å²) >= 11 is 3.27. The number of rotatable bonds is 7. The molecule has 3 aromatic heterocycles. The van der Waals surface area contributed by atoms with Crippen LogP contribution in [-0.2, 0) is 24.1 Å². The maximum absolute atomic E-state index is 13.4. The van der Waals surface area contributed by atoms with Crippen molar-refractivity contribution in [3.05, 3.63) is 45.0 Å². The monoisotopic (exact) mass is 404 g/mol. The molecule has 3 aromatic rings. The highest BCUT2D eigenvalue weighted by Crippen LogP contribution is 2.34. The molecule has 1 aliphatic rings. The second-order valence-electron chi connectivity index (χ2n) is 7.02. The quantitative estimate of drug-likeness (QED) is 0.330. The SMILES string of the molecule is CC(C)OCCSc1nc2sc3c(c2c(=O)n1Cc1ccco1)CCCC3. The molecule has 0 amide bonds. The van der Waals surface area contributed by atoms with Gasteiger partial charge >= 0.3 is 0 Å². The Morgan fingerprint density at radius 3 is 3.00 bits per heavy atom. The molecule has 7 heteroatoms. The van der Waals surface area contributed by atoms with Crippen LogP contribution >= 0.6 is 23.1 Å². The van der Waals surface area contributed by atoms with Crippen LogP contribution in [0.2, 0.25) is 0 Å². The number of ether oxygens (including phenoxy) is 1. The second kappa shape index (κ2) is 8.20. The summed E-state index contributed by atoms with van der Waals surface area (Å²) in [6, 6.07) is 3.75. The molecular formula is C20H24N2O3S2. The summed E-state index contributed by atoms with van der Waals surface area (Å²) in [6.07, 6.45) is 6.26. The van der Waals surface area contributed by atoms with Gasteiger partial charge < -0.3 is 9.15 Å². The average molecular weight is 405 g/mol. The summed E-state index contributed by atoms with van der Waals surface area (Å²) in [5.74, 6) is 1.53. The predicted octanol–water partition coefficient (Wildman–Crippen LogP) is 4.50. The predicted molar refractivity (Wildman–Crippen MR) is 110 cm³/mol. The van der Waals surface area contributed by atoms with E-state index >= 15 is 0 Å². The molecule has 5 nitrogen and oxygen atoms in total. The van der Waals surface area contributed by atoms with Crippen molar-refractivity contribution in [1.82, 2.24) is 9.55 Å². The molecule has 0 bridgehead atoms. The summed E-state index contributed by atoms with van der Waals surface area (Å²) in [6.45, 7) is 5.10. The number of nitrogens with zero attached hydrogens (tertiary/aromatic N) is 2. The Bertz CT molecular complexity index is 973. The zero-order chi connectivity index (χ0) is 18.8. The molecular weight excluding hydrogens is 380 g/mol. The minimum absolute atomic E-state index is 0.0584. The minimum Gasteiger partial charge on any atom is -0.467 e. The van der Waals surface area contributed by atoms with E-state index in [0.29, 0.717) is 13.2 Å². The van der Waals surface area contributed by atoms with Gasteiger partial charge in [-0.05, 0) is 57.2 Å². The van der Waals surface area contributed by atoms with Crippen LogP contribution in [-0.4, -0.2) is 28.0 Å². The van der Waals surface area contributed by atoms with E-state index in [9.17, 15) is 4.79 Å². The maximum Gasteiger partial charge on any atom is 0.263 e. The number of thioether (sulfide) groups is 1. The molecule has 0 spiro atoms. The lowest BCUT2D eigenvalue weighted by Gasteiger charge is -2.13. The van der Waals surface area contributed by atoms with Gasteiger partial charge in [0.15, 0.2) is 5.16 Å². The van der Waals surface area contributed by atoms with Crippen molar-refractivity contribution in [2.75, 3.05) is 12.4 Å². The fourth-order valence-corrected chi connectivity index (χ4v) is 5.58. The molecule has 27 heavy (non-hydrogen) atoms. The van der Waals surface area contributed by atoms with Gasteiger partial charge in [0, 0.05) is 10.6 Å². The molecule has 0 radical (unpaired) electrons. The number of thiophene rings is 1. The van der Waals surface area contributed by atoms with E-state index in [1.807, 2.05) is 26.0 Å². The van der Waals surface area contributed by atoms with Crippen molar-refractivity contribution in [2.45, 2.75) is 57.3 Å². The van der Waals surface area contributed by atoms with Gasteiger partial charge in [0.1, 0.15) is 10.6 Å². The van der Waals surface area contributed by atoms with Gasteiger partial charge in [-0.25, -0.2) is 4.98 Å². The summed E-state index contributed by atoms with van der Waals surface area (Å²) in [7, 11) is 0. The lowest BCUT2D eigenvalue weighted by molar-refractivity contribution is 0.0920. The molecule has 0 N–H and O–H groups in total. The Hall–Kier alpha value is -1.57. The summed E-state index contributed by atoms with van der Waals surface area (Å²) in [5.41, 5.74) is 1.29. The number of hydrogen-bond acceptors (Lipinski definition) is 6. The van der Waals surface area contributed by atoms with Crippen LogP contribution in [0.4, 0.5) is 0 Å². The first kappa shape index (κ1) is 18.8. The first-order valence-electron chi connectivity index (χ1n) is 9.45. The van der Waals surface area contributed by atoms with Gasteiger partial charge in [0.25, 0.3) is 5.56 Å². The van der Waals surface area contributed by atoms with Crippen molar-refractivity contribution in [1.29, 1.82) is 0 Å². The Kier molecular flexibility index (Phi) is 5.71. The zero-order valence-electron chi connectivity index (χ0n) is 15.7. The number of hydrogen-bond donors (Lipinski definition) is 0. The molecule has 0 fully saturated rings. The zero-order valence-corrected chi connectivity index (χ0v) is 17.3. The van der Waals surface area contributed by atoms with Crippen LogP contribution < -0.4 is 5.56 Å². The number of aryl methyl sites for hydroxylation is 2. The molecule has 0 aliphatic heterocycles. The van der Waals surface area contributed by atoms with E-state index in [1.54, 1.807) is 33.9 Å². The first-order chi connectivity index (χ1) is 13.1. The topological polar surface area (TPSA) is 57.3 Å². The number of aromatic nitrogens is 2. The van der Waals surface area contributed by atoms with Crippen LogP contribution in [0.15, 0.2) is 32.8 Å². The van der Waals surface area contributed by atoms with Crippen LogP contribution in [0, 0.1) is 0 Å². The standard InChI is InChI=1S/C20H24N2O3S2/c1-13(2)24-10-11-26-20-21-18-17(15-7-3-4-8-16(15)27-18)19(23)22(20)12-14-6-5-9-25-14/h5-6,9,13H,3-4,7-8,10-12H2,1-2H3. The van der Waals surface area contributed by atoms with Crippen molar-refractivity contribution >= 4 is 33.3 Å². The van der Waals surface area contributed by atoms with Gasteiger partial charge in [-0.15, -0.1) is 11.3 Å². The van der Waals surface area contributed by atoms with Crippen LogP contribution in [0.5, 0.6) is 0 Å². The lowest BCUT2D eigenvalue weighted by Crippen LogP contribution is -2.24. The molecule has 144 valence electrons. The fourth-order valence-electron chi connectivity index (χ4n) is 3.44. The van der Waals surface area contributed by atoms with Crippen molar-refractivity contribution in [3.63, 3.8) is 0 Å². The van der Waals surface area contributed by atoms with Crippen LogP contribution in [0.3, 0.4) is 0 Å². The van der Waals surface area contributed by atoms with E-state index < -0.39 is 0 Å². The molecule has 0 saturated carbocycles. The van der Waals surface area contributed by atoms with Gasteiger partial charge in [0.2, 0.25) is 0 Å². The number of fused-ring (bicyclic) bond motifs is 3. The van der Waals surface area contributed by atoms with E-state index in [-0.39, 0.29) is 11.7 Å². The van der Waals surface area contributed by atoms with Crippen LogP contribution in [0.25, 0.3) is 10.2 Å². The Balaban J connectivity index is 1.73. The molecule has 0 unspecified atom stereocenters. The Labute approximate surface area is 166 Å². The highest BCUT2D eigenvalue weighted by atomic mass is 32.2. The largest absolute Gasteiger partial charge is 0.467 e. The summed E-state index contributed by atoms with van der Waals surface area (Å²) in [5, 5.41) is 1.57. The molecule has 3 heterocycles. The van der Waals surface area contributed by atoms with Crippen molar-refractivity contribution in [3.8, 4) is 0 Å². The van der Waals surface area contributed by atoms with Gasteiger partial charge in [-0.1, -0.05) is 11.8 Å². The van der Waals surface area contributed by atoms with Gasteiger partial charge in [-0.3, -0.25) is 9.36 Å². The molecule has 0 aromatic carbocycles. The molecule has 0 saturated heterocycles. The Morgan fingerprint density at radius 1 is 1.37 bits per heavy atom. The third kappa shape index (κ3) is 4.00. The second-order valence-corrected chi connectivity index (χ2v) is 9.17. The third-order valence-corrected chi connectivity index (χ3v) is 6.83. The Morgan fingerprint density at radius 2 is 2.22 bits per heavy atom. The third-order valence-electron chi connectivity index (χ3n) is 4.70. The molecule has 4 rings (SSSR count). The maximum atomic E-state index is 13.4. The number of furan rings is 1. The smallest absolute Gasteiger partial charge is 0.263 e. The van der Waals surface area contributed by atoms with Gasteiger partial charge in [0.05, 0.1) is 30.9 Å². The van der Waals surface area contributed by atoms with Crippen molar-refractivity contribution in [2.24, 2.45) is 0 Å². The van der Waals surface area contributed by atoms with E-state index in [1.165, 1.54) is 16.9 Å². The molecule has 1 aliphatic carbocycles. The van der Waals surface area contributed by atoms with E-state index in [0.717, 1.165) is 46.1 Å². The summed E-state index contributed by atoms with van der Waals surface area (Å²) in [4.78, 5) is 20.5. The average Bonchev–Trinajstić information content (AvgIpc) is 3.28. The summed E-state index contributed by atoms with van der Waals surface area (Å²) < 4.78 is 12.9. The highest BCUT2D eigenvalue weighted by molar-refractivity contribution is 7.99. The van der Waals surface area contributed by atoms with E-state index in [4.69, 9.17) is 14.1 Å². The van der Waals surface area contributed by atoms with Crippen molar-refractivity contribution < 1.29 is 9.15 Å². The lowest BCUT2D eigenvalue weighted by atomic mass is 9.97. The van der Waals surface area contributed by atoms with E-state index in [2.05, 4.69) is 0 Å². The first-order valence-corrected chi connectivity index (χ1v) is 11.3. The molecule has 0 atom stereocenters. The van der Waals surface area contributed by atoms with Crippen LogP contribution in [0.1, 0.15) is 42.9 Å². The highest BCUT2D eigenvalue weighted by Gasteiger charge is 2.22. The van der Waals surface area contributed by atoms with Gasteiger partial charge in [-0.2, -0.15) is 0 Å². The fraction of sp³-hybridized carbons (Fsp3) is 0.500. The minimum atomic E-state index is 0.0584. The normalized spacial score (nSPS) is 14.2.